The SMILES string of the molecule is CC(C)(C)Cc1c[nH]c2ccccc12.CC(C)(C)Cc1cccc(O)c1.CC(C)(C)Cc1ccccn1.CC(C)(C)Cc1ncc[nH]1.CC(C)(C)c1ccc(O)cc1.CC(C)(C)c1ccncc1. The van der Waals surface area contributed by atoms with Crippen LogP contribution in [0.25, 0.3) is 10.9 Å². The second-order valence-corrected chi connectivity index (χ2v) is 24.6. The summed E-state index contributed by atoms with van der Waals surface area (Å²) < 4.78 is 0. The molecule has 0 saturated heterocycles. The molecule has 7 rings (SSSR count). The number of pyridine rings is 2. The molecule has 0 radical (unpaired) electrons. The van der Waals surface area contributed by atoms with Gasteiger partial charge in [0.1, 0.15) is 17.3 Å². The van der Waals surface area contributed by atoms with Crippen LogP contribution in [0.4, 0.5) is 0 Å². The zero-order chi connectivity index (χ0) is 51.4. The number of fused-ring (bicyclic) bond motifs is 1. The highest BCUT2D eigenvalue weighted by molar-refractivity contribution is 5.83. The zero-order valence-electron chi connectivity index (χ0n) is 45.3. The van der Waals surface area contributed by atoms with Crippen molar-refractivity contribution in [1.82, 2.24) is 24.9 Å². The van der Waals surface area contributed by atoms with Gasteiger partial charge < -0.3 is 20.2 Å². The second kappa shape index (κ2) is 26.2. The number of benzene rings is 3. The van der Waals surface area contributed by atoms with Gasteiger partial charge in [-0.2, -0.15) is 0 Å². The molecule has 370 valence electrons. The molecule has 0 atom stereocenters. The summed E-state index contributed by atoms with van der Waals surface area (Å²) in [7, 11) is 0. The Hall–Kier alpha value is -5.69. The van der Waals surface area contributed by atoms with Crippen LogP contribution in [0.1, 0.15) is 158 Å². The van der Waals surface area contributed by atoms with Crippen molar-refractivity contribution >= 4 is 10.9 Å². The van der Waals surface area contributed by atoms with Crippen molar-refractivity contribution in [3.8, 4) is 11.5 Å². The van der Waals surface area contributed by atoms with Crippen LogP contribution in [0.15, 0.2) is 140 Å². The average molecular weight is 924 g/mol. The third kappa shape index (κ3) is 26.6. The number of phenols is 2. The fourth-order valence-electron chi connectivity index (χ4n) is 6.88. The van der Waals surface area contributed by atoms with E-state index in [0.717, 1.165) is 31.5 Å². The van der Waals surface area contributed by atoms with Gasteiger partial charge in [-0.15, -0.1) is 0 Å². The predicted molar refractivity (Wildman–Crippen MR) is 292 cm³/mol. The lowest BCUT2D eigenvalue weighted by atomic mass is 9.87. The zero-order valence-corrected chi connectivity index (χ0v) is 45.3. The van der Waals surface area contributed by atoms with Crippen LogP contribution >= 0.6 is 0 Å². The molecule has 0 aliphatic carbocycles. The maximum absolute atomic E-state index is 9.21. The van der Waals surface area contributed by atoms with Gasteiger partial charge in [-0.25, -0.2) is 4.98 Å². The van der Waals surface area contributed by atoms with Gasteiger partial charge in [-0.1, -0.05) is 173 Å². The van der Waals surface area contributed by atoms with E-state index >= 15 is 0 Å². The fourth-order valence-corrected chi connectivity index (χ4v) is 6.88. The minimum Gasteiger partial charge on any atom is -0.508 e. The molecule has 0 bridgehead atoms. The number of H-pyrrole nitrogens is 2. The van der Waals surface area contributed by atoms with Gasteiger partial charge in [0.25, 0.3) is 0 Å². The van der Waals surface area contributed by atoms with Gasteiger partial charge in [0.05, 0.1) is 0 Å². The summed E-state index contributed by atoms with van der Waals surface area (Å²) >= 11 is 0. The molecule has 4 heterocycles. The summed E-state index contributed by atoms with van der Waals surface area (Å²) in [5, 5.41) is 19.6. The molecule has 4 aromatic heterocycles. The van der Waals surface area contributed by atoms with Crippen LogP contribution in [0, 0.1) is 21.7 Å². The fraction of sp³-hybridized carbons (Fsp3) is 0.459. The number of hydrogen-bond donors (Lipinski definition) is 4. The van der Waals surface area contributed by atoms with Gasteiger partial charge in [-0.05, 0) is 129 Å². The normalized spacial score (nSPS) is 11.7. The largest absolute Gasteiger partial charge is 0.508 e. The Balaban J connectivity index is 0.000000281. The highest BCUT2D eigenvalue weighted by atomic mass is 16.3. The Bertz CT molecular complexity index is 2390. The van der Waals surface area contributed by atoms with E-state index < -0.39 is 0 Å². The van der Waals surface area contributed by atoms with E-state index in [0.29, 0.717) is 27.7 Å². The van der Waals surface area contributed by atoms with Crippen LogP contribution in [0.2, 0.25) is 0 Å². The van der Waals surface area contributed by atoms with Crippen LogP contribution in [0.5, 0.6) is 11.5 Å². The van der Waals surface area contributed by atoms with Gasteiger partial charge >= 0.3 is 0 Å². The first-order valence-corrected chi connectivity index (χ1v) is 24.2. The first kappa shape index (κ1) is 58.4. The van der Waals surface area contributed by atoms with E-state index in [1.807, 2.05) is 67.3 Å². The highest BCUT2D eigenvalue weighted by Gasteiger charge is 2.16. The maximum atomic E-state index is 9.21. The summed E-state index contributed by atoms with van der Waals surface area (Å²) in [4.78, 5) is 18.8. The molecular weight excluding hydrogens is 835 g/mol. The van der Waals surface area contributed by atoms with E-state index in [4.69, 9.17) is 5.11 Å². The number of aromatic amines is 2. The third-order valence-corrected chi connectivity index (χ3v) is 10.0. The average Bonchev–Trinajstić information content (AvgIpc) is 3.87. The van der Waals surface area contributed by atoms with Crippen molar-refractivity contribution in [3.05, 3.63) is 174 Å². The van der Waals surface area contributed by atoms with Crippen molar-refractivity contribution in [3.63, 3.8) is 0 Å². The van der Waals surface area contributed by atoms with Gasteiger partial charge in [0.2, 0.25) is 0 Å². The number of nitrogens with one attached hydrogen (secondary N) is 2. The Morgan fingerprint density at radius 1 is 0.441 bits per heavy atom. The molecule has 7 heteroatoms. The molecule has 0 aliphatic heterocycles. The van der Waals surface area contributed by atoms with Crippen molar-refractivity contribution in [2.45, 2.75) is 161 Å². The van der Waals surface area contributed by atoms with Crippen molar-refractivity contribution in [2.24, 2.45) is 21.7 Å². The maximum Gasteiger partial charge on any atom is 0.115 e. The molecule has 68 heavy (non-hydrogen) atoms. The number of imidazole rings is 1. The molecular formula is C61H89N5O2. The third-order valence-electron chi connectivity index (χ3n) is 10.0. The monoisotopic (exact) mass is 924 g/mol. The van der Waals surface area contributed by atoms with E-state index in [1.165, 1.54) is 38.9 Å². The summed E-state index contributed by atoms with van der Waals surface area (Å²) in [6.45, 7) is 39.7. The number of aromatic nitrogens is 5. The van der Waals surface area contributed by atoms with Gasteiger partial charge in [0.15, 0.2) is 0 Å². The lowest BCUT2D eigenvalue weighted by molar-refractivity contribution is 0.402. The summed E-state index contributed by atoms with van der Waals surface area (Å²) in [5.41, 5.74) is 9.36. The van der Waals surface area contributed by atoms with Crippen LogP contribution in [0.3, 0.4) is 0 Å². The van der Waals surface area contributed by atoms with Crippen molar-refractivity contribution in [1.29, 1.82) is 0 Å². The molecule has 7 aromatic rings. The van der Waals surface area contributed by atoms with Crippen LogP contribution in [-0.4, -0.2) is 35.1 Å². The smallest absolute Gasteiger partial charge is 0.115 e. The Morgan fingerprint density at radius 2 is 0.985 bits per heavy atom. The number of para-hydroxylation sites is 1. The molecule has 0 spiro atoms. The number of phenolic OH excluding ortho intramolecular Hbond substituents is 2. The molecule has 3 aromatic carbocycles. The predicted octanol–water partition coefficient (Wildman–Crippen LogP) is 16.5. The molecule has 0 amide bonds. The van der Waals surface area contributed by atoms with E-state index in [2.05, 4.69) is 198 Å². The first-order chi connectivity index (χ1) is 31.3. The quantitative estimate of drug-likeness (QED) is 0.141. The molecule has 7 nitrogen and oxygen atoms in total. The molecule has 0 saturated carbocycles. The molecule has 0 fully saturated rings. The Kier molecular flexibility index (Phi) is 22.5. The molecule has 4 N–H and O–H groups in total. The summed E-state index contributed by atoms with van der Waals surface area (Å²) in [6, 6.07) is 33.5. The van der Waals surface area contributed by atoms with E-state index in [1.54, 1.807) is 24.4 Å². The Labute approximate surface area is 412 Å². The number of hydrogen-bond acceptors (Lipinski definition) is 5. The highest BCUT2D eigenvalue weighted by Crippen LogP contribution is 2.27. The molecule has 0 aliphatic rings. The Morgan fingerprint density at radius 3 is 1.46 bits per heavy atom. The van der Waals surface area contributed by atoms with E-state index in [9.17, 15) is 5.11 Å². The van der Waals surface area contributed by atoms with Gasteiger partial charge in [0, 0.05) is 60.2 Å². The lowest BCUT2D eigenvalue weighted by Gasteiger charge is -2.18. The van der Waals surface area contributed by atoms with Crippen LogP contribution < -0.4 is 0 Å². The number of rotatable bonds is 4. The lowest BCUT2D eigenvalue weighted by Crippen LogP contribution is -2.10. The topological polar surface area (TPSA) is 111 Å². The van der Waals surface area contributed by atoms with Crippen molar-refractivity contribution < 1.29 is 10.2 Å². The van der Waals surface area contributed by atoms with Crippen molar-refractivity contribution in [2.75, 3.05) is 0 Å². The first-order valence-electron chi connectivity index (χ1n) is 24.2. The van der Waals surface area contributed by atoms with Gasteiger partial charge in [-0.3, -0.25) is 9.97 Å². The summed E-state index contributed by atoms with van der Waals surface area (Å²) in [5.74, 6) is 1.77. The summed E-state index contributed by atoms with van der Waals surface area (Å²) in [6.07, 6.45) is 15.5. The number of aromatic hydroxyl groups is 2. The van der Waals surface area contributed by atoms with E-state index in [-0.39, 0.29) is 16.2 Å². The minimum atomic E-state index is 0.174. The van der Waals surface area contributed by atoms with Crippen LogP contribution in [-0.2, 0) is 36.5 Å². The minimum absolute atomic E-state index is 0.174. The molecule has 0 unspecified atom stereocenters. The standard InChI is InChI=1S/C13H17N.C11H16O.C10H15N.C10H14O.C9H13N.C8H14N2/c1-13(2,3)8-10-9-14-12-7-5-4-6-11(10)12;1-11(2,3)8-9-5-4-6-10(12)7-9;1-10(2,3)8-9-6-4-5-7-11-9;1-10(2,3)8-4-6-9(11)7-5-8;1-9(2,3)8-4-6-10-7-5-8;1-8(2,3)6-7-9-4-5-10-7/h4-7,9,14H,8H2,1-3H3;4-7,12H,8H2,1-3H3;4-7H,8H2,1-3H3;4-7,11H,1-3H3;4-7H,1-3H3;4-5H,6H2,1-3H3,(H,9,10). The number of nitrogens with zero attached hydrogens (tertiary/aromatic N) is 3. The second-order valence-electron chi connectivity index (χ2n) is 24.6.